The van der Waals surface area contributed by atoms with E-state index in [1.54, 1.807) is 6.08 Å². The van der Waals surface area contributed by atoms with Crippen molar-refractivity contribution in [2.24, 2.45) is 0 Å². The Bertz CT molecular complexity index is 828. The zero-order valence-electron chi connectivity index (χ0n) is 35.2. The van der Waals surface area contributed by atoms with Crippen LogP contribution >= 0.6 is 0 Å². The number of nitrogens with one attached hydrogen (secondary N) is 1. The second-order valence-corrected chi connectivity index (χ2v) is 15.7. The molecule has 53 heavy (non-hydrogen) atoms. The summed E-state index contributed by atoms with van der Waals surface area (Å²) >= 11 is 0. The van der Waals surface area contributed by atoms with Crippen LogP contribution in [-0.2, 0) is 14.3 Å². The van der Waals surface area contributed by atoms with Crippen molar-refractivity contribution in [3.8, 4) is 0 Å². The second kappa shape index (κ2) is 43.1. The average molecular weight is 748 g/mol. The maximum atomic E-state index is 12.3. The Morgan fingerprint density at radius 1 is 0.509 bits per heavy atom. The summed E-state index contributed by atoms with van der Waals surface area (Å²) in [5.41, 5.74) is 0. The van der Waals surface area contributed by atoms with E-state index < -0.39 is 12.1 Å². The molecule has 0 aromatic heterocycles. The number of hydrogen-bond donors (Lipinski definition) is 3. The molecule has 2 unspecified atom stereocenters. The van der Waals surface area contributed by atoms with Gasteiger partial charge in [0.15, 0.2) is 0 Å². The topological polar surface area (TPSA) is 95.9 Å². The van der Waals surface area contributed by atoms with E-state index in [9.17, 15) is 19.8 Å². The number of aliphatic hydroxyl groups is 2. The first-order valence-electron chi connectivity index (χ1n) is 23.1. The summed E-state index contributed by atoms with van der Waals surface area (Å²) in [4.78, 5) is 24.3. The molecule has 312 valence electrons. The fraction of sp³-hybridized carbons (Fsp3) is 0.872. The normalized spacial score (nSPS) is 12.9. The third kappa shape index (κ3) is 39.8. The van der Waals surface area contributed by atoms with E-state index in [1.807, 2.05) is 6.08 Å². The molecule has 3 N–H and O–H groups in total. The van der Waals surface area contributed by atoms with Gasteiger partial charge in [0, 0.05) is 12.8 Å². The lowest BCUT2D eigenvalue weighted by Gasteiger charge is -2.20. The van der Waals surface area contributed by atoms with Gasteiger partial charge in [0.2, 0.25) is 5.91 Å². The Balaban J connectivity index is 3.51. The molecule has 0 saturated carbocycles. The highest BCUT2D eigenvalue weighted by Gasteiger charge is 2.18. The van der Waals surface area contributed by atoms with Crippen molar-refractivity contribution in [3.05, 3.63) is 24.3 Å². The van der Waals surface area contributed by atoms with Crippen LogP contribution in [-0.4, -0.2) is 47.4 Å². The number of carbonyl (C=O) groups is 2. The quantitative estimate of drug-likeness (QED) is 0.0328. The molecule has 0 aromatic carbocycles. The first kappa shape index (κ1) is 51.3. The summed E-state index contributed by atoms with van der Waals surface area (Å²) < 4.78 is 5.43. The van der Waals surface area contributed by atoms with Crippen LogP contribution in [0.25, 0.3) is 0 Å². The molecule has 1 amide bonds. The van der Waals surface area contributed by atoms with Crippen molar-refractivity contribution in [2.75, 3.05) is 13.2 Å². The average Bonchev–Trinajstić information content (AvgIpc) is 3.16. The summed E-state index contributed by atoms with van der Waals surface area (Å²) in [6, 6.07) is -0.645. The second-order valence-electron chi connectivity index (χ2n) is 15.7. The fourth-order valence-corrected chi connectivity index (χ4v) is 6.86. The third-order valence-corrected chi connectivity index (χ3v) is 10.5. The highest BCUT2D eigenvalue weighted by atomic mass is 16.5. The SMILES string of the molecule is CCCCCCCCC/C=C/C(O)C(CO)NC(=O)CCCCCCC/C=C\CCCCOC(=O)CCCCCCCCCCCCCCCCCC. The zero-order valence-corrected chi connectivity index (χ0v) is 35.2. The lowest BCUT2D eigenvalue weighted by Crippen LogP contribution is -2.45. The molecule has 0 spiro atoms. The molecule has 0 aliphatic carbocycles. The fourth-order valence-electron chi connectivity index (χ4n) is 6.86. The van der Waals surface area contributed by atoms with Gasteiger partial charge in [-0.3, -0.25) is 9.59 Å². The van der Waals surface area contributed by atoms with Gasteiger partial charge in [0.05, 0.1) is 25.4 Å². The van der Waals surface area contributed by atoms with E-state index in [1.165, 1.54) is 128 Å². The van der Waals surface area contributed by atoms with Crippen molar-refractivity contribution in [2.45, 2.75) is 251 Å². The summed E-state index contributed by atoms with van der Waals surface area (Å²) in [6.45, 7) is 4.79. The van der Waals surface area contributed by atoms with Crippen LogP contribution < -0.4 is 5.32 Å². The van der Waals surface area contributed by atoms with Crippen LogP contribution in [0.15, 0.2) is 24.3 Å². The number of aliphatic hydroxyl groups excluding tert-OH is 2. The van der Waals surface area contributed by atoms with E-state index in [-0.39, 0.29) is 18.5 Å². The Hall–Kier alpha value is -1.66. The van der Waals surface area contributed by atoms with Gasteiger partial charge in [-0.1, -0.05) is 192 Å². The molecule has 0 radical (unpaired) electrons. The van der Waals surface area contributed by atoms with Crippen LogP contribution in [0.5, 0.6) is 0 Å². The highest BCUT2D eigenvalue weighted by Crippen LogP contribution is 2.15. The molecule has 0 aromatic rings. The Morgan fingerprint density at radius 3 is 1.34 bits per heavy atom. The molecule has 6 nitrogen and oxygen atoms in total. The first-order chi connectivity index (χ1) is 26.0. The minimum absolute atomic E-state index is 0.0308. The van der Waals surface area contributed by atoms with Crippen molar-refractivity contribution >= 4 is 11.9 Å². The first-order valence-corrected chi connectivity index (χ1v) is 23.1. The van der Waals surface area contributed by atoms with Crippen molar-refractivity contribution < 1.29 is 24.5 Å². The van der Waals surface area contributed by atoms with Gasteiger partial charge < -0.3 is 20.3 Å². The minimum atomic E-state index is -0.859. The number of rotatable bonds is 42. The lowest BCUT2D eigenvalue weighted by atomic mass is 10.0. The summed E-state index contributed by atoms with van der Waals surface area (Å²) in [5.74, 6) is -0.131. The predicted octanol–water partition coefficient (Wildman–Crippen LogP) is 13.2. The number of ether oxygens (including phenoxy) is 1. The van der Waals surface area contributed by atoms with Crippen molar-refractivity contribution in [1.29, 1.82) is 0 Å². The molecule has 0 saturated heterocycles. The smallest absolute Gasteiger partial charge is 0.305 e. The number of hydrogen-bond acceptors (Lipinski definition) is 5. The Morgan fingerprint density at radius 2 is 0.887 bits per heavy atom. The summed E-state index contributed by atoms with van der Waals surface area (Å²) in [7, 11) is 0. The molecule has 0 rings (SSSR count). The predicted molar refractivity (Wildman–Crippen MR) is 227 cm³/mol. The molecule has 6 heteroatoms. The van der Waals surface area contributed by atoms with Crippen molar-refractivity contribution in [1.82, 2.24) is 5.32 Å². The zero-order chi connectivity index (χ0) is 38.7. The molecule has 0 fully saturated rings. The van der Waals surface area contributed by atoms with Crippen LogP contribution in [0.2, 0.25) is 0 Å². The maximum Gasteiger partial charge on any atom is 0.305 e. The molecule has 0 heterocycles. The van der Waals surface area contributed by atoms with Gasteiger partial charge in [-0.2, -0.15) is 0 Å². The van der Waals surface area contributed by atoms with E-state index in [0.29, 0.717) is 19.4 Å². The van der Waals surface area contributed by atoms with Gasteiger partial charge in [-0.25, -0.2) is 0 Å². The van der Waals surface area contributed by atoms with E-state index in [4.69, 9.17) is 4.74 Å². The highest BCUT2D eigenvalue weighted by molar-refractivity contribution is 5.76. The van der Waals surface area contributed by atoms with Crippen LogP contribution in [0.1, 0.15) is 239 Å². The van der Waals surface area contributed by atoms with Gasteiger partial charge in [-0.05, 0) is 57.8 Å². The molecule has 0 aliphatic heterocycles. The van der Waals surface area contributed by atoms with Gasteiger partial charge >= 0.3 is 5.97 Å². The van der Waals surface area contributed by atoms with Gasteiger partial charge in [0.1, 0.15) is 0 Å². The molecule has 0 aliphatic rings. The standard InChI is InChI=1S/C47H89NO5/c1-3-5-7-9-11-13-14-15-16-17-18-21-25-29-33-37-41-47(52)53-42-38-34-30-26-22-19-20-24-28-32-36-40-46(51)48-44(43-49)45(50)39-35-31-27-23-12-10-8-6-4-2/h22,26,35,39,44-45,49-50H,3-21,23-25,27-34,36-38,40-43H2,1-2H3,(H,48,51)/b26-22-,39-35+. The van der Waals surface area contributed by atoms with Crippen molar-refractivity contribution in [3.63, 3.8) is 0 Å². The van der Waals surface area contributed by atoms with E-state index in [2.05, 4.69) is 31.3 Å². The van der Waals surface area contributed by atoms with Crippen LogP contribution in [0, 0.1) is 0 Å². The molecule has 2 atom stereocenters. The molecule has 0 bridgehead atoms. The minimum Gasteiger partial charge on any atom is -0.466 e. The third-order valence-electron chi connectivity index (χ3n) is 10.5. The van der Waals surface area contributed by atoms with Crippen LogP contribution in [0.4, 0.5) is 0 Å². The number of carbonyl (C=O) groups excluding carboxylic acids is 2. The number of unbranched alkanes of at least 4 members (excludes halogenated alkanes) is 29. The van der Waals surface area contributed by atoms with Gasteiger partial charge in [0.25, 0.3) is 0 Å². The Kier molecular flexibility index (Phi) is 41.7. The molecular weight excluding hydrogens is 659 g/mol. The lowest BCUT2D eigenvalue weighted by molar-refractivity contribution is -0.143. The van der Waals surface area contributed by atoms with Gasteiger partial charge in [-0.15, -0.1) is 0 Å². The number of allylic oxidation sites excluding steroid dienone is 3. The number of amides is 1. The Labute approximate surface area is 329 Å². The summed E-state index contributed by atoms with van der Waals surface area (Å²) in [5, 5.41) is 22.8. The largest absolute Gasteiger partial charge is 0.466 e. The van der Waals surface area contributed by atoms with E-state index >= 15 is 0 Å². The maximum absolute atomic E-state index is 12.3. The molecular formula is C47H89NO5. The summed E-state index contributed by atoms with van der Waals surface area (Å²) in [6.07, 6.45) is 48.9. The number of esters is 1. The van der Waals surface area contributed by atoms with E-state index in [0.717, 1.165) is 83.5 Å². The monoisotopic (exact) mass is 748 g/mol. The van der Waals surface area contributed by atoms with Crippen LogP contribution in [0.3, 0.4) is 0 Å².